The number of thiazole rings is 1. The Kier molecular flexibility index (Phi) is 8.43. The van der Waals surface area contributed by atoms with Crippen LogP contribution in [0.5, 0.6) is 23.0 Å². The zero-order chi connectivity index (χ0) is 22.1. The Morgan fingerprint density at radius 3 is 2.35 bits per heavy atom. The summed E-state index contributed by atoms with van der Waals surface area (Å²) in [7, 11) is 4.86. The van der Waals surface area contributed by atoms with E-state index in [-0.39, 0.29) is 12.5 Å². The van der Waals surface area contributed by atoms with E-state index in [4.69, 9.17) is 18.9 Å². The average molecular weight is 461 g/mol. The number of anilines is 1. The van der Waals surface area contributed by atoms with Gasteiger partial charge in [0.15, 0.2) is 11.7 Å². The molecule has 0 unspecified atom stereocenters. The summed E-state index contributed by atoms with van der Waals surface area (Å²) in [6.07, 6.45) is 0. The van der Waals surface area contributed by atoms with Crippen LogP contribution in [-0.4, -0.2) is 38.8 Å². The van der Waals surface area contributed by atoms with Gasteiger partial charge in [-0.1, -0.05) is 6.07 Å². The number of thioether (sulfide) groups is 1. The number of aromatic nitrogens is 1. The minimum absolute atomic E-state index is 0.103. The Morgan fingerprint density at radius 2 is 1.65 bits per heavy atom. The van der Waals surface area contributed by atoms with Gasteiger partial charge in [0.25, 0.3) is 5.91 Å². The molecule has 1 N–H and O–H groups in total. The molecule has 1 aromatic heterocycles. The Morgan fingerprint density at radius 1 is 0.968 bits per heavy atom. The molecule has 0 spiro atoms. The van der Waals surface area contributed by atoms with Gasteiger partial charge in [-0.25, -0.2) is 4.98 Å². The lowest BCUT2D eigenvalue weighted by Gasteiger charge is -2.08. The molecule has 0 saturated carbocycles. The highest BCUT2D eigenvalue weighted by Crippen LogP contribution is 2.27. The SMILES string of the molecule is COc1cc(CSCc2csc(NC(=O)COc3cccc(OC)c3)n2)cc(OC)c1. The van der Waals surface area contributed by atoms with Crippen molar-refractivity contribution in [2.24, 2.45) is 0 Å². The summed E-state index contributed by atoms with van der Waals surface area (Å²) in [5.41, 5.74) is 2.02. The molecule has 31 heavy (non-hydrogen) atoms. The fourth-order valence-corrected chi connectivity index (χ4v) is 4.34. The van der Waals surface area contributed by atoms with E-state index in [2.05, 4.69) is 10.3 Å². The van der Waals surface area contributed by atoms with Gasteiger partial charge >= 0.3 is 0 Å². The molecule has 1 amide bonds. The number of benzene rings is 2. The van der Waals surface area contributed by atoms with Crippen molar-refractivity contribution in [2.75, 3.05) is 33.3 Å². The molecule has 0 radical (unpaired) electrons. The Balaban J connectivity index is 1.45. The number of hydrogen-bond acceptors (Lipinski definition) is 8. The number of amides is 1. The maximum absolute atomic E-state index is 12.1. The van der Waals surface area contributed by atoms with Gasteiger partial charge in [-0.15, -0.1) is 11.3 Å². The first-order chi connectivity index (χ1) is 15.1. The molecule has 3 aromatic rings. The normalized spacial score (nSPS) is 10.4. The van der Waals surface area contributed by atoms with Crippen LogP contribution in [0.4, 0.5) is 5.13 Å². The molecule has 1 heterocycles. The number of nitrogens with zero attached hydrogens (tertiary/aromatic N) is 1. The van der Waals surface area contributed by atoms with E-state index in [1.54, 1.807) is 51.3 Å². The number of carbonyl (C=O) groups is 1. The molecule has 0 fully saturated rings. The topological polar surface area (TPSA) is 78.9 Å². The highest BCUT2D eigenvalue weighted by Gasteiger charge is 2.09. The minimum Gasteiger partial charge on any atom is -0.497 e. The van der Waals surface area contributed by atoms with Crippen molar-refractivity contribution in [3.63, 3.8) is 0 Å². The lowest BCUT2D eigenvalue weighted by Crippen LogP contribution is -2.20. The first-order valence-corrected chi connectivity index (χ1v) is 11.4. The molecular formula is C22H24N2O5S2. The zero-order valence-electron chi connectivity index (χ0n) is 17.5. The molecule has 0 atom stereocenters. The molecule has 3 rings (SSSR count). The van der Waals surface area contributed by atoms with Gasteiger partial charge in [0.2, 0.25) is 0 Å². The van der Waals surface area contributed by atoms with Gasteiger partial charge in [0, 0.05) is 29.0 Å². The van der Waals surface area contributed by atoms with E-state index in [0.717, 1.165) is 34.3 Å². The van der Waals surface area contributed by atoms with Gasteiger partial charge < -0.3 is 18.9 Å². The molecule has 0 aliphatic carbocycles. The molecule has 9 heteroatoms. The van der Waals surface area contributed by atoms with Gasteiger partial charge in [-0.3, -0.25) is 10.1 Å². The zero-order valence-corrected chi connectivity index (χ0v) is 19.2. The molecule has 0 bridgehead atoms. The van der Waals surface area contributed by atoms with E-state index < -0.39 is 0 Å². The van der Waals surface area contributed by atoms with Crippen LogP contribution in [0.1, 0.15) is 11.3 Å². The predicted octanol–water partition coefficient (Wildman–Crippen LogP) is 4.62. The number of methoxy groups -OCH3 is 3. The van der Waals surface area contributed by atoms with Crippen molar-refractivity contribution in [3.05, 3.63) is 59.1 Å². The van der Waals surface area contributed by atoms with E-state index in [1.807, 2.05) is 29.6 Å². The maximum atomic E-state index is 12.1. The van der Waals surface area contributed by atoms with Crippen molar-refractivity contribution in [2.45, 2.75) is 11.5 Å². The summed E-state index contributed by atoms with van der Waals surface area (Å²) in [5, 5.41) is 5.27. The lowest BCUT2D eigenvalue weighted by atomic mass is 10.2. The van der Waals surface area contributed by atoms with Crippen LogP contribution >= 0.6 is 23.1 Å². The second-order valence-corrected chi connectivity index (χ2v) is 8.22. The second kappa shape index (κ2) is 11.5. The summed E-state index contributed by atoms with van der Waals surface area (Å²) in [4.78, 5) is 16.6. The third kappa shape index (κ3) is 7.08. The van der Waals surface area contributed by atoms with Crippen molar-refractivity contribution < 1.29 is 23.7 Å². The second-order valence-electron chi connectivity index (χ2n) is 6.37. The quantitative estimate of drug-likeness (QED) is 0.447. The predicted molar refractivity (Wildman–Crippen MR) is 124 cm³/mol. The summed E-state index contributed by atoms with van der Waals surface area (Å²) in [6, 6.07) is 12.9. The Bertz CT molecular complexity index is 987. The molecular weight excluding hydrogens is 436 g/mol. The van der Waals surface area contributed by atoms with E-state index >= 15 is 0 Å². The smallest absolute Gasteiger partial charge is 0.264 e. The van der Waals surface area contributed by atoms with Crippen molar-refractivity contribution in [1.29, 1.82) is 0 Å². The summed E-state index contributed by atoms with van der Waals surface area (Å²) < 4.78 is 21.3. The first kappa shape index (κ1) is 22.8. The van der Waals surface area contributed by atoms with Crippen LogP contribution in [0.15, 0.2) is 47.8 Å². The number of nitrogens with one attached hydrogen (secondary N) is 1. The van der Waals surface area contributed by atoms with Crippen molar-refractivity contribution >= 4 is 34.1 Å². The number of carbonyl (C=O) groups excluding carboxylic acids is 1. The highest BCUT2D eigenvalue weighted by molar-refractivity contribution is 7.97. The van der Waals surface area contributed by atoms with Crippen LogP contribution in [0.3, 0.4) is 0 Å². The fraction of sp³-hybridized carbons (Fsp3) is 0.273. The van der Waals surface area contributed by atoms with Crippen LogP contribution in [-0.2, 0) is 16.3 Å². The largest absolute Gasteiger partial charge is 0.497 e. The number of rotatable bonds is 11. The van der Waals surface area contributed by atoms with Crippen molar-refractivity contribution in [3.8, 4) is 23.0 Å². The van der Waals surface area contributed by atoms with E-state index in [0.29, 0.717) is 16.6 Å². The van der Waals surface area contributed by atoms with Gasteiger partial charge in [-0.05, 0) is 29.8 Å². The molecule has 2 aromatic carbocycles. The molecule has 0 saturated heterocycles. The van der Waals surface area contributed by atoms with Crippen LogP contribution in [0, 0.1) is 0 Å². The standard InChI is InChI=1S/C22H24N2O5S2/c1-26-17-5-4-6-18(9-17)29-11-21(25)24-22-23-16(14-31-22)13-30-12-15-7-19(27-2)10-20(8-15)28-3/h4-10,14H,11-13H2,1-3H3,(H,23,24,25). The number of ether oxygens (including phenoxy) is 4. The fourth-order valence-electron chi connectivity index (χ4n) is 2.65. The third-order valence-electron chi connectivity index (χ3n) is 4.14. The Hall–Kier alpha value is -2.91. The van der Waals surface area contributed by atoms with Crippen LogP contribution < -0.4 is 24.3 Å². The third-order valence-corrected chi connectivity index (χ3v) is 5.98. The van der Waals surface area contributed by atoms with E-state index in [1.165, 1.54) is 11.3 Å². The monoisotopic (exact) mass is 460 g/mol. The average Bonchev–Trinajstić information content (AvgIpc) is 3.24. The Labute approximate surface area is 189 Å². The van der Waals surface area contributed by atoms with Gasteiger partial charge in [-0.2, -0.15) is 11.8 Å². The van der Waals surface area contributed by atoms with Gasteiger partial charge in [0.05, 0.1) is 27.0 Å². The summed E-state index contributed by atoms with van der Waals surface area (Å²) in [5.74, 6) is 4.04. The first-order valence-electron chi connectivity index (χ1n) is 9.40. The van der Waals surface area contributed by atoms with Crippen LogP contribution in [0.25, 0.3) is 0 Å². The molecule has 0 aliphatic heterocycles. The summed E-state index contributed by atoms with van der Waals surface area (Å²) >= 11 is 3.12. The lowest BCUT2D eigenvalue weighted by molar-refractivity contribution is -0.118. The van der Waals surface area contributed by atoms with Gasteiger partial charge in [0.1, 0.15) is 23.0 Å². The maximum Gasteiger partial charge on any atom is 0.264 e. The van der Waals surface area contributed by atoms with Crippen molar-refractivity contribution in [1.82, 2.24) is 4.98 Å². The minimum atomic E-state index is -0.264. The molecule has 7 nitrogen and oxygen atoms in total. The molecule has 164 valence electrons. The number of hydrogen-bond donors (Lipinski definition) is 1. The summed E-state index contributed by atoms with van der Waals surface area (Å²) in [6.45, 7) is -0.103. The molecule has 0 aliphatic rings. The van der Waals surface area contributed by atoms with Crippen LogP contribution in [0.2, 0.25) is 0 Å². The highest BCUT2D eigenvalue weighted by atomic mass is 32.2. The van der Waals surface area contributed by atoms with E-state index in [9.17, 15) is 4.79 Å².